The third-order valence-electron chi connectivity index (χ3n) is 4.71. The molecule has 0 aliphatic carbocycles. The normalized spacial score (nSPS) is 19.6. The van der Waals surface area contributed by atoms with Crippen LogP contribution < -0.4 is 5.32 Å². The van der Waals surface area contributed by atoms with Crippen molar-refractivity contribution in [2.45, 2.75) is 26.2 Å². The van der Waals surface area contributed by atoms with Gasteiger partial charge in [-0.25, -0.2) is 9.69 Å². The molecule has 2 saturated heterocycles. The molecule has 2 fully saturated rings. The van der Waals surface area contributed by atoms with Crippen molar-refractivity contribution in [3.05, 3.63) is 41.1 Å². The van der Waals surface area contributed by atoms with E-state index in [-0.39, 0.29) is 23.6 Å². The number of rotatable bonds is 3. The first-order valence-electron chi connectivity index (χ1n) is 9.06. The Morgan fingerprint density at radius 3 is 2.37 bits per heavy atom. The molecule has 0 unspecified atom stereocenters. The van der Waals surface area contributed by atoms with Crippen LogP contribution in [0, 0.1) is 0 Å². The fourth-order valence-electron chi connectivity index (χ4n) is 3.01. The lowest BCUT2D eigenvalue weighted by Crippen LogP contribution is -2.47. The highest BCUT2D eigenvalue weighted by Gasteiger charge is 2.36. The van der Waals surface area contributed by atoms with Gasteiger partial charge in [0.2, 0.25) is 5.91 Å². The fourth-order valence-corrected chi connectivity index (χ4v) is 3.01. The van der Waals surface area contributed by atoms with Gasteiger partial charge in [0.1, 0.15) is 12.2 Å². The molecule has 0 aromatic heterocycles. The molecule has 2 heterocycles. The molecule has 2 aliphatic heterocycles. The molecule has 1 aromatic rings. The Labute approximate surface area is 159 Å². The summed E-state index contributed by atoms with van der Waals surface area (Å²) in [5.41, 5.74) is 2.22. The van der Waals surface area contributed by atoms with Crippen LogP contribution in [0.15, 0.2) is 30.0 Å². The number of carbonyl (C=O) groups excluding carboxylic acids is 3. The maximum Gasteiger partial charge on any atom is 0.329 e. The number of urea groups is 1. The van der Waals surface area contributed by atoms with Gasteiger partial charge in [0.05, 0.1) is 13.2 Å². The van der Waals surface area contributed by atoms with Crippen molar-refractivity contribution in [2.24, 2.45) is 0 Å². The smallest absolute Gasteiger partial charge is 0.329 e. The van der Waals surface area contributed by atoms with E-state index in [2.05, 4.69) is 26.1 Å². The lowest BCUT2D eigenvalue weighted by atomic mass is 9.87. The van der Waals surface area contributed by atoms with E-state index in [1.54, 1.807) is 11.0 Å². The van der Waals surface area contributed by atoms with Crippen molar-refractivity contribution in [1.82, 2.24) is 15.1 Å². The summed E-state index contributed by atoms with van der Waals surface area (Å²) in [6, 6.07) is 7.27. The number of ether oxygens (including phenoxy) is 1. The molecule has 1 N–H and O–H groups in total. The summed E-state index contributed by atoms with van der Waals surface area (Å²) in [7, 11) is 0. The number of nitrogens with one attached hydrogen (secondary N) is 1. The number of hydrogen-bond acceptors (Lipinski definition) is 4. The number of amides is 4. The van der Waals surface area contributed by atoms with Crippen LogP contribution in [0.4, 0.5) is 4.79 Å². The Kier molecular flexibility index (Phi) is 5.32. The highest BCUT2D eigenvalue weighted by molar-refractivity contribution is 6.15. The van der Waals surface area contributed by atoms with Gasteiger partial charge in [0, 0.05) is 13.1 Å². The van der Waals surface area contributed by atoms with Crippen LogP contribution in [0.3, 0.4) is 0 Å². The molecular weight excluding hydrogens is 346 g/mol. The third kappa shape index (κ3) is 4.36. The molecule has 0 saturated carbocycles. The van der Waals surface area contributed by atoms with Crippen molar-refractivity contribution in [3.8, 4) is 0 Å². The summed E-state index contributed by atoms with van der Waals surface area (Å²) < 4.78 is 5.21. The zero-order chi connectivity index (χ0) is 19.6. The minimum Gasteiger partial charge on any atom is -0.378 e. The monoisotopic (exact) mass is 371 g/mol. The Morgan fingerprint density at radius 1 is 1.15 bits per heavy atom. The average molecular weight is 371 g/mol. The largest absolute Gasteiger partial charge is 0.378 e. The lowest BCUT2D eigenvalue weighted by molar-refractivity contribution is -0.139. The molecule has 7 heteroatoms. The summed E-state index contributed by atoms with van der Waals surface area (Å²) in [6.45, 7) is 8.03. The van der Waals surface area contributed by atoms with E-state index in [9.17, 15) is 14.4 Å². The molecular formula is C20H25N3O4. The number of carbonyl (C=O) groups is 3. The standard InChI is InChI=1S/C20H25N3O4/c1-20(2,3)15-6-4-14(5-7-15)12-16-18(25)23(19(26)21-16)13-17(24)22-8-10-27-11-9-22/h4-7,12H,8-11,13H2,1-3H3,(H,21,26)/b16-12-. The fraction of sp³-hybridized carbons (Fsp3) is 0.450. The van der Waals surface area contributed by atoms with Gasteiger partial charge in [-0.1, -0.05) is 45.0 Å². The lowest BCUT2D eigenvalue weighted by Gasteiger charge is -2.27. The zero-order valence-corrected chi connectivity index (χ0v) is 15.9. The average Bonchev–Trinajstić information content (AvgIpc) is 2.89. The van der Waals surface area contributed by atoms with Gasteiger partial charge in [0.15, 0.2) is 0 Å². The van der Waals surface area contributed by atoms with Gasteiger partial charge in [-0.15, -0.1) is 0 Å². The zero-order valence-electron chi connectivity index (χ0n) is 15.9. The molecule has 7 nitrogen and oxygen atoms in total. The molecule has 0 atom stereocenters. The van der Waals surface area contributed by atoms with E-state index in [0.717, 1.165) is 10.5 Å². The molecule has 0 bridgehead atoms. The molecule has 27 heavy (non-hydrogen) atoms. The Balaban J connectivity index is 1.69. The summed E-state index contributed by atoms with van der Waals surface area (Å²) >= 11 is 0. The Hall–Kier alpha value is -2.67. The SMILES string of the molecule is CC(C)(C)c1ccc(/C=C2\NC(=O)N(CC(=O)N3CCOCC3)C2=O)cc1. The van der Waals surface area contributed by atoms with Crippen LogP contribution in [0.25, 0.3) is 6.08 Å². The minimum atomic E-state index is -0.570. The van der Waals surface area contributed by atoms with Crippen molar-refractivity contribution in [1.29, 1.82) is 0 Å². The van der Waals surface area contributed by atoms with E-state index < -0.39 is 11.9 Å². The topological polar surface area (TPSA) is 79.0 Å². The maximum absolute atomic E-state index is 12.5. The van der Waals surface area contributed by atoms with Crippen LogP contribution in [-0.2, 0) is 19.7 Å². The van der Waals surface area contributed by atoms with Crippen molar-refractivity contribution >= 4 is 23.9 Å². The van der Waals surface area contributed by atoms with E-state index in [4.69, 9.17) is 4.74 Å². The summed E-state index contributed by atoms with van der Waals surface area (Å²) in [5, 5.41) is 2.56. The number of morpholine rings is 1. The van der Waals surface area contributed by atoms with Crippen LogP contribution in [0.1, 0.15) is 31.9 Å². The highest BCUT2D eigenvalue weighted by atomic mass is 16.5. The van der Waals surface area contributed by atoms with Crippen molar-refractivity contribution in [2.75, 3.05) is 32.8 Å². The second kappa shape index (κ2) is 7.52. The quantitative estimate of drug-likeness (QED) is 0.648. The second-order valence-corrected chi connectivity index (χ2v) is 7.74. The number of benzene rings is 1. The van der Waals surface area contributed by atoms with E-state index >= 15 is 0 Å². The Morgan fingerprint density at radius 2 is 1.78 bits per heavy atom. The first-order valence-corrected chi connectivity index (χ1v) is 9.06. The molecule has 4 amide bonds. The second-order valence-electron chi connectivity index (χ2n) is 7.74. The molecule has 144 valence electrons. The highest BCUT2D eigenvalue weighted by Crippen LogP contribution is 2.23. The predicted molar refractivity (Wildman–Crippen MR) is 101 cm³/mol. The van der Waals surface area contributed by atoms with Gasteiger partial charge < -0.3 is 15.0 Å². The molecule has 2 aliphatic rings. The summed E-state index contributed by atoms with van der Waals surface area (Å²) in [5.74, 6) is -0.737. The molecule has 1 aromatic carbocycles. The van der Waals surface area contributed by atoms with Crippen LogP contribution in [0.2, 0.25) is 0 Å². The maximum atomic E-state index is 12.5. The van der Waals surface area contributed by atoms with Gasteiger partial charge in [-0.3, -0.25) is 9.59 Å². The number of hydrogen-bond donors (Lipinski definition) is 1. The molecule has 3 rings (SSSR count). The van der Waals surface area contributed by atoms with Crippen LogP contribution in [0.5, 0.6) is 0 Å². The third-order valence-corrected chi connectivity index (χ3v) is 4.71. The van der Waals surface area contributed by atoms with E-state index in [0.29, 0.717) is 26.3 Å². The van der Waals surface area contributed by atoms with Crippen LogP contribution >= 0.6 is 0 Å². The van der Waals surface area contributed by atoms with Gasteiger partial charge in [-0.05, 0) is 22.6 Å². The number of nitrogens with zero attached hydrogens (tertiary/aromatic N) is 2. The van der Waals surface area contributed by atoms with Crippen LogP contribution in [-0.4, -0.2) is 60.5 Å². The first kappa shape index (κ1) is 19.1. The Bertz CT molecular complexity index is 771. The predicted octanol–water partition coefficient (Wildman–Crippen LogP) is 1.74. The van der Waals surface area contributed by atoms with Gasteiger partial charge in [-0.2, -0.15) is 0 Å². The first-order chi connectivity index (χ1) is 12.8. The van der Waals surface area contributed by atoms with E-state index in [1.165, 1.54) is 5.56 Å². The number of imide groups is 1. The van der Waals surface area contributed by atoms with Gasteiger partial charge >= 0.3 is 6.03 Å². The van der Waals surface area contributed by atoms with E-state index in [1.807, 2.05) is 24.3 Å². The van der Waals surface area contributed by atoms with Crippen molar-refractivity contribution < 1.29 is 19.1 Å². The summed E-state index contributed by atoms with van der Waals surface area (Å²) in [4.78, 5) is 39.6. The minimum absolute atomic E-state index is 0.0414. The van der Waals surface area contributed by atoms with Gasteiger partial charge in [0.25, 0.3) is 5.91 Å². The molecule has 0 radical (unpaired) electrons. The van der Waals surface area contributed by atoms with Crippen molar-refractivity contribution in [3.63, 3.8) is 0 Å². The summed E-state index contributed by atoms with van der Waals surface area (Å²) in [6.07, 6.45) is 1.63. The molecule has 0 spiro atoms.